The highest BCUT2D eigenvalue weighted by Crippen LogP contribution is 2.19. The third-order valence-corrected chi connectivity index (χ3v) is 3.06. The van der Waals surface area contributed by atoms with Gasteiger partial charge in [-0.2, -0.15) is 0 Å². The van der Waals surface area contributed by atoms with Gasteiger partial charge in [-0.1, -0.05) is 13.3 Å². The van der Waals surface area contributed by atoms with E-state index in [1.165, 1.54) is 38.8 Å². The summed E-state index contributed by atoms with van der Waals surface area (Å²) in [7, 11) is 0. The second-order valence-electron chi connectivity index (χ2n) is 4.48. The molecule has 0 aromatic carbocycles. The fraction of sp³-hybridized carbons (Fsp3) is 1.00. The maximum Gasteiger partial charge on any atom is 0.0139 e. The fourth-order valence-electron chi connectivity index (χ4n) is 2.22. The molecule has 1 fully saturated rings. The molecule has 1 saturated heterocycles. The molecule has 0 radical (unpaired) electrons. The summed E-state index contributed by atoms with van der Waals surface area (Å²) in [6.45, 7) is 8.02. The average molecular weight is 184 g/mol. The van der Waals surface area contributed by atoms with Crippen molar-refractivity contribution in [2.45, 2.75) is 45.6 Å². The van der Waals surface area contributed by atoms with Crippen molar-refractivity contribution in [3.63, 3.8) is 0 Å². The molecule has 0 spiro atoms. The fourth-order valence-corrected chi connectivity index (χ4v) is 2.22. The lowest BCUT2D eigenvalue weighted by Gasteiger charge is -2.21. The average Bonchev–Trinajstić information content (AvgIpc) is 2.29. The van der Waals surface area contributed by atoms with Crippen LogP contribution in [0, 0.1) is 5.92 Å². The molecule has 0 aromatic rings. The minimum atomic E-state index is 0.332. The summed E-state index contributed by atoms with van der Waals surface area (Å²) < 4.78 is 0. The highest BCUT2D eigenvalue weighted by Gasteiger charge is 2.15. The maximum absolute atomic E-state index is 5.80. The lowest BCUT2D eigenvalue weighted by molar-refractivity contribution is 0.267. The van der Waals surface area contributed by atoms with Crippen LogP contribution in [0.4, 0.5) is 0 Å². The Labute approximate surface area is 82.5 Å². The molecule has 78 valence electrons. The summed E-state index contributed by atoms with van der Waals surface area (Å²) in [5, 5.41) is 0. The lowest BCUT2D eigenvalue weighted by atomic mass is 9.98. The van der Waals surface area contributed by atoms with E-state index in [4.69, 9.17) is 5.73 Å². The largest absolute Gasteiger partial charge is 0.327 e. The van der Waals surface area contributed by atoms with Gasteiger partial charge in [0.25, 0.3) is 0 Å². The molecule has 2 heteroatoms. The zero-order chi connectivity index (χ0) is 9.68. The second-order valence-corrected chi connectivity index (χ2v) is 4.48. The zero-order valence-electron chi connectivity index (χ0n) is 9.13. The molecule has 13 heavy (non-hydrogen) atoms. The summed E-state index contributed by atoms with van der Waals surface area (Å²) in [5.41, 5.74) is 5.80. The van der Waals surface area contributed by atoms with Gasteiger partial charge in [0, 0.05) is 12.6 Å². The number of hydrogen-bond donors (Lipinski definition) is 1. The normalized spacial score (nSPS) is 28.4. The van der Waals surface area contributed by atoms with Crippen LogP contribution in [0.2, 0.25) is 0 Å². The van der Waals surface area contributed by atoms with E-state index in [1.54, 1.807) is 0 Å². The van der Waals surface area contributed by atoms with E-state index in [0.29, 0.717) is 6.04 Å². The van der Waals surface area contributed by atoms with Crippen LogP contribution in [0.15, 0.2) is 0 Å². The Balaban J connectivity index is 2.27. The molecule has 2 N–H and O–H groups in total. The molecule has 1 aliphatic rings. The van der Waals surface area contributed by atoms with Crippen molar-refractivity contribution >= 4 is 0 Å². The molecule has 0 aliphatic carbocycles. The van der Waals surface area contributed by atoms with Crippen molar-refractivity contribution in [2.75, 3.05) is 19.6 Å². The summed E-state index contributed by atoms with van der Waals surface area (Å²) in [4.78, 5) is 2.53. The number of nitrogens with zero attached hydrogens (tertiary/aromatic N) is 1. The minimum absolute atomic E-state index is 0.332. The first-order valence-corrected chi connectivity index (χ1v) is 5.70. The molecule has 1 aliphatic heterocycles. The van der Waals surface area contributed by atoms with Gasteiger partial charge in [0.15, 0.2) is 0 Å². The smallest absolute Gasteiger partial charge is 0.0139 e. The summed E-state index contributed by atoms with van der Waals surface area (Å²) in [5.74, 6) is 0.970. The molecule has 2 atom stereocenters. The molecule has 2 nitrogen and oxygen atoms in total. The molecule has 0 saturated carbocycles. The van der Waals surface area contributed by atoms with E-state index in [2.05, 4.69) is 18.7 Å². The van der Waals surface area contributed by atoms with Crippen LogP contribution >= 0.6 is 0 Å². The molecule has 0 bridgehead atoms. The zero-order valence-corrected chi connectivity index (χ0v) is 9.13. The van der Waals surface area contributed by atoms with Crippen LogP contribution in [0.3, 0.4) is 0 Å². The van der Waals surface area contributed by atoms with Gasteiger partial charge in [-0.3, -0.25) is 0 Å². The van der Waals surface area contributed by atoms with Crippen LogP contribution < -0.4 is 5.73 Å². The van der Waals surface area contributed by atoms with Crippen LogP contribution in [0.5, 0.6) is 0 Å². The van der Waals surface area contributed by atoms with Gasteiger partial charge in [0.1, 0.15) is 0 Å². The van der Waals surface area contributed by atoms with Crippen molar-refractivity contribution < 1.29 is 0 Å². The highest BCUT2D eigenvalue weighted by atomic mass is 15.1. The first-order chi connectivity index (χ1) is 6.22. The molecule has 1 rings (SSSR count). The number of nitrogens with two attached hydrogens (primary N) is 1. The van der Waals surface area contributed by atoms with Crippen molar-refractivity contribution in [1.29, 1.82) is 0 Å². The van der Waals surface area contributed by atoms with Crippen LogP contribution in [0.25, 0.3) is 0 Å². The number of rotatable bonds is 3. The standard InChI is InChI=1S/C11H24N2/c1-3-11-5-4-7-13(8-6-11)9-10(2)12/h10-11H,3-9,12H2,1-2H3. The first kappa shape index (κ1) is 11.0. The Morgan fingerprint density at radius 1 is 1.38 bits per heavy atom. The van der Waals surface area contributed by atoms with Crippen molar-refractivity contribution in [3.8, 4) is 0 Å². The van der Waals surface area contributed by atoms with Gasteiger partial charge in [-0.25, -0.2) is 0 Å². The third kappa shape index (κ3) is 4.10. The summed E-state index contributed by atoms with van der Waals surface area (Å²) in [6, 6.07) is 0.332. The Morgan fingerprint density at radius 3 is 2.77 bits per heavy atom. The predicted octanol–water partition coefficient (Wildman–Crippen LogP) is 1.85. The number of likely N-dealkylation sites (tertiary alicyclic amines) is 1. The number of hydrogen-bond acceptors (Lipinski definition) is 2. The summed E-state index contributed by atoms with van der Waals surface area (Å²) in [6.07, 6.45) is 5.52. The second kappa shape index (κ2) is 5.61. The molecule has 0 aromatic heterocycles. The van der Waals surface area contributed by atoms with Crippen LogP contribution in [-0.4, -0.2) is 30.6 Å². The van der Waals surface area contributed by atoms with E-state index in [9.17, 15) is 0 Å². The van der Waals surface area contributed by atoms with Gasteiger partial charge < -0.3 is 10.6 Å². The topological polar surface area (TPSA) is 29.3 Å². The lowest BCUT2D eigenvalue weighted by Crippen LogP contribution is -2.36. The quantitative estimate of drug-likeness (QED) is 0.725. The third-order valence-electron chi connectivity index (χ3n) is 3.06. The summed E-state index contributed by atoms with van der Waals surface area (Å²) >= 11 is 0. The van der Waals surface area contributed by atoms with Crippen molar-refractivity contribution in [3.05, 3.63) is 0 Å². The van der Waals surface area contributed by atoms with E-state index in [0.717, 1.165) is 12.5 Å². The van der Waals surface area contributed by atoms with Crippen LogP contribution in [-0.2, 0) is 0 Å². The monoisotopic (exact) mass is 184 g/mol. The molecule has 0 amide bonds. The van der Waals surface area contributed by atoms with E-state index < -0.39 is 0 Å². The van der Waals surface area contributed by atoms with Gasteiger partial charge in [0.2, 0.25) is 0 Å². The molecular formula is C11H24N2. The van der Waals surface area contributed by atoms with E-state index in [-0.39, 0.29) is 0 Å². The van der Waals surface area contributed by atoms with Gasteiger partial charge in [-0.15, -0.1) is 0 Å². The van der Waals surface area contributed by atoms with Gasteiger partial charge in [-0.05, 0) is 45.2 Å². The maximum atomic E-state index is 5.80. The van der Waals surface area contributed by atoms with Gasteiger partial charge >= 0.3 is 0 Å². The van der Waals surface area contributed by atoms with Crippen molar-refractivity contribution in [1.82, 2.24) is 4.90 Å². The SMILES string of the molecule is CCC1CCCN(CC(C)N)CC1. The van der Waals surface area contributed by atoms with Crippen molar-refractivity contribution in [2.24, 2.45) is 11.7 Å². The first-order valence-electron chi connectivity index (χ1n) is 5.70. The minimum Gasteiger partial charge on any atom is -0.327 e. The Bertz CT molecular complexity index is 134. The van der Waals surface area contributed by atoms with E-state index in [1.807, 2.05) is 0 Å². The highest BCUT2D eigenvalue weighted by molar-refractivity contribution is 4.71. The molecule has 2 unspecified atom stereocenters. The van der Waals surface area contributed by atoms with E-state index >= 15 is 0 Å². The molecular weight excluding hydrogens is 160 g/mol. The Morgan fingerprint density at radius 2 is 2.15 bits per heavy atom. The Kier molecular flexibility index (Phi) is 4.74. The van der Waals surface area contributed by atoms with Crippen LogP contribution in [0.1, 0.15) is 39.5 Å². The Hall–Kier alpha value is -0.0800. The molecule has 1 heterocycles. The predicted molar refractivity (Wildman–Crippen MR) is 57.7 cm³/mol. The van der Waals surface area contributed by atoms with Gasteiger partial charge in [0.05, 0.1) is 0 Å².